The van der Waals surface area contributed by atoms with Crippen LogP contribution in [0.15, 0.2) is 64.8 Å². The summed E-state index contributed by atoms with van der Waals surface area (Å²) in [4.78, 5) is 25.9. The van der Waals surface area contributed by atoms with E-state index in [0.29, 0.717) is 40.9 Å². The molecule has 4 aromatic rings. The zero-order valence-corrected chi connectivity index (χ0v) is 17.0. The summed E-state index contributed by atoms with van der Waals surface area (Å²) in [6, 6.07) is 13.6. The molecule has 0 atom stereocenters. The van der Waals surface area contributed by atoms with Crippen LogP contribution in [0.2, 0.25) is 0 Å². The Morgan fingerprint density at radius 3 is 2.68 bits per heavy atom. The van der Waals surface area contributed by atoms with Crippen molar-refractivity contribution in [2.45, 2.75) is 12.8 Å². The molecule has 0 unspecified atom stereocenters. The molecule has 2 aromatic carbocycles. The van der Waals surface area contributed by atoms with Gasteiger partial charge in [-0.1, -0.05) is 6.07 Å². The Morgan fingerprint density at radius 1 is 1.03 bits per heavy atom. The molecule has 0 amide bonds. The summed E-state index contributed by atoms with van der Waals surface area (Å²) in [5.74, 6) is -0.294. The molecule has 0 spiro atoms. The summed E-state index contributed by atoms with van der Waals surface area (Å²) in [6.45, 7) is 0.574. The van der Waals surface area contributed by atoms with Crippen molar-refractivity contribution in [3.05, 3.63) is 82.8 Å². The molecular formula is C23H16N2O5S. The fraction of sp³-hybridized carbons (Fsp3) is 0.130. The summed E-state index contributed by atoms with van der Waals surface area (Å²) in [6.07, 6.45) is 2.26. The van der Waals surface area contributed by atoms with E-state index < -0.39 is 5.97 Å². The average molecular weight is 432 g/mol. The maximum Gasteiger partial charge on any atom is 0.336 e. The molecule has 7 nitrogen and oxygen atoms in total. The Kier molecular flexibility index (Phi) is 4.83. The van der Waals surface area contributed by atoms with Gasteiger partial charge in [0.2, 0.25) is 0 Å². The Balaban J connectivity index is 1.67. The van der Waals surface area contributed by atoms with Crippen LogP contribution in [0.25, 0.3) is 16.6 Å². The van der Waals surface area contributed by atoms with Crippen molar-refractivity contribution >= 4 is 40.1 Å². The van der Waals surface area contributed by atoms with Crippen LogP contribution < -0.4 is 4.74 Å². The number of hydrogen-bond donors (Lipinski definition) is 1. The van der Waals surface area contributed by atoms with Crippen LogP contribution in [0.4, 0.5) is 0 Å². The third-order valence-electron chi connectivity index (χ3n) is 5.21. The number of aliphatic carboxylic acids is 1. The Labute approximate surface area is 180 Å². The number of Topliss-reactive ketones (excluding diaryl/α,β-unsaturated/α-hetero) is 1. The van der Waals surface area contributed by atoms with E-state index in [-0.39, 0.29) is 23.4 Å². The third-order valence-corrected chi connectivity index (χ3v) is 5.77. The number of carboxylic acids is 1. The van der Waals surface area contributed by atoms with Crippen LogP contribution in [0, 0.1) is 0 Å². The number of aromatic nitrogens is 2. The first-order chi connectivity index (χ1) is 15.1. The number of nitrogens with zero attached hydrogens (tertiary/aromatic N) is 2. The number of carbonyl (C=O) groups is 2. The fourth-order valence-corrected chi connectivity index (χ4v) is 4.25. The molecule has 8 heteroatoms. The molecule has 0 saturated heterocycles. The second-order valence-corrected chi connectivity index (χ2v) is 7.66. The van der Waals surface area contributed by atoms with Gasteiger partial charge >= 0.3 is 5.97 Å². The smallest absolute Gasteiger partial charge is 0.336 e. The number of rotatable bonds is 6. The summed E-state index contributed by atoms with van der Waals surface area (Å²) >= 11 is 1.05. The van der Waals surface area contributed by atoms with E-state index in [0.717, 1.165) is 23.0 Å². The molecule has 31 heavy (non-hydrogen) atoms. The monoisotopic (exact) mass is 432 g/mol. The minimum absolute atomic E-state index is 0.0500. The van der Waals surface area contributed by atoms with E-state index >= 15 is 0 Å². The lowest BCUT2D eigenvalue weighted by atomic mass is 9.90. The van der Waals surface area contributed by atoms with Gasteiger partial charge in [-0.2, -0.15) is 8.75 Å². The van der Waals surface area contributed by atoms with E-state index in [1.807, 2.05) is 0 Å². The molecule has 1 aliphatic heterocycles. The summed E-state index contributed by atoms with van der Waals surface area (Å²) in [7, 11) is 0. The lowest BCUT2D eigenvalue weighted by Gasteiger charge is -2.12. The van der Waals surface area contributed by atoms with Crippen molar-refractivity contribution in [2.24, 2.45) is 0 Å². The lowest BCUT2D eigenvalue weighted by molar-refractivity contribution is -0.130. The standard InChI is InChI=1S/C23H16N2O5S/c26-22(15-4-6-20-13(10-15)7-9-30-20)17(12-16-2-1-8-29-16)21(23(27)28)14-3-5-18-19(11-14)25-31-24-18/h1-6,8,10-11H,7,9,12H2,(H,27,28). The van der Waals surface area contributed by atoms with Gasteiger partial charge in [-0.15, -0.1) is 0 Å². The zero-order chi connectivity index (χ0) is 21.4. The maximum atomic E-state index is 13.6. The molecule has 0 aliphatic carbocycles. The van der Waals surface area contributed by atoms with Gasteiger partial charge in [0.1, 0.15) is 22.5 Å². The SMILES string of the molecule is O=C(O)C(=C(Cc1ccco1)C(=O)c1ccc2c(c1)CCO2)c1ccc2nsnc2c1. The predicted octanol–water partition coefficient (Wildman–Crippen LogP) is 4.18. The Hall–Kier alpha value is -3.78. The molecular weight excluding hydrogens is 416 g/mol. The van der Waals surface area contributed by atoms with Crippen LogP contribution in [-0.2, 0) is 17.6 Å². The number of ether oxygens (including phenoxy) is 1. The second-order valence-electron chi connectivity index (χ2n) is 7.13. The molecule has 1 aliphatic rings. The van der Waals surface area contributed by atoms with Gasteiger partial charge in [0, 0.05) is 24.0 Å². The second kappa shape index (κ2) is 7.81. The van der Waals surface area contributed by atoms with Crippen molar-refractivity contribution in [1.29, 1.82) is 0 Å². The van der Waals surface area contributed by atoms with Crippen LogP contribution in [0.1, 0.15) is 27.2 Å². The number of allylic oxidation sites excluding steroid dienone is 1. The van der Waals surface area contributed by atoms with Gasteiger partial charge in [0.25, 0.3) is 0 Å². The molecule has 0 bridgehead atoms. The number of ketones is 1. The highest BCUT2D eigenvalue weighted by Crippen LogP contribution is 2.31. The molecule has 0 radical (unpaired) electrons. The number of hydrogen-bond acceptors (Lipinski definition) is 7. The summed E-state index contributed by atoms with van der Waals surface area (Å²) in [5.41, 5.74) is 3.08. The van der Waals surface area contributed by atoms with Crippen molar-refractivity contribution in [1.82, 2.24) is 8.75 Å². The first-order valence-corrected chi connectivity index (χ1v) is 10.3. The number of carboxylic acid groups (broad SMARTS) is 1. The van der Waals surface area contributed by atoms with Crippen LogP contribution in [-0.4, -0.2) is 32.2 Å². The van der Waals surface area contributed by atoms with Gasteiger partial charge in [0.05, 0.1) is 30.2 Å². The first-order valence-electron chi connectivity index (χ1n) is 9.62. The van der Waals surface area contributed by atoms with E-state index in [9.17, 15) is 14.7 Å². The molecule has 3 heterocycles. The van der Waals surface area contributed by atoms with Crippen LogP contribution in [0.5, 0.6) is 5.75 Å². The number of carbonyl (C=O) groups excluding carboxylic acids is 1. The van der Waals surface area contributed by atoms with Crippen molar-refractivity contribution in [3.8, 4) is 5.75 Å². The third kappa shape index (κ3) is 3.62. The quantitative estimate of drug-likeness (QED) is 0.360. The van der Waals surface area contributed by atoms with Gasteiger partial charge in [-0.3, -0.25) is 4.79 Å². The topological polar surface area (TPSA) is 103 Å². The lowest BCUT2D eigenvalue weighted by Crippen LogP contribution is -2.14. The average Bonchev–Trinajstić information content (AvgIpc) is 3.52. The predicted molar refractivity (Wildman–Crippen MR) is 114 cm³/mol. The number of fused-ring (bicyclic) bond motifs is 2. The van der Waals surface area contributed by atoms with E-state index in [1.165, 1.54) is 6.26 Å². The van der Waals surface area contributed by atoms with Gasteiger partial charge in [-0.05, 0) is 53.6 Å². The minimum Gasteiger partial charge on any atom is -0.493 e. The highest BCUT2D eigenvalue weighted by Gasteiger charge is 2.26. The van der Waals surface area contributed by atoms with Crippen LogP contribution >= 0.6 is 11.7 Å². The molecule has 0 fully saturated rings. The maximum absolute atomic E-state index is 13.6. The molecule has 1 N–H and O–H groups in total. The van der Waals surface area contributed by atoms with Crippen molar-refractivity contribution in [2.75, 3.05) is 6.61 Å². The zero-order valence-electron chi connectivity index (χ0n) is 16.2. The summed E-state index contributed by atoms with van der Waals surface area (Å²) in [5, 5.41) is 10.1. The normalized spacial score (nSPS) is 13.5. The Morgan fingerprint density at radius 2 is 1.87 bits per heavy atom. The van der Waals surface area contributed by atoms with Crippen molar-refractivity contribution in [3.63, 3.8) is 0 Å². The largest absolute Gasteiger partial charge is 0.493 e. The van der Waals surface area contributed by atoms with E-state index in [2.05, 4.69) is 8.75 Å². The van der Waals surface area contributed by atoms with E-state index in [1.54, 1.807) is 48.5 Å². The van der Waals surface area contributed by atoms with Crippen molar-refractivity contribution < 1.29 is 23.8 Å². The minimum atomic E-state index is -1.19. The highest BCUT2D eigenvalue weighted by molar-refractivity contribution is 7.00. The molecule has 5 rings (SSSR count). The highest BCUT2D eigenvalue weighted by atomic mass is 32.1. The number of furan rings is 1. The molecule has 154 valence electrons. The van der Waals surface area contributed by atoms with Gasteiger partial charge in [-0.25, -0.2) is 4.79 Å². The van der Waals surface area contributed by atoms with E-state index in [4.69, 9.17) is 9.15 Å². The first kappa shape index (κ1) is 19.2. The molecule has 2 aromatic heterocycles. The van der Waals surface area contributed by atoms with Gasteiger partial charge < -0.3 is 14.3 Å². The molecule has 0 saturated carbocycles. The Bertz CT molecular complexity index is 1340. The van der Waals surface area contributed by atoms with Gasteiger partial charge in [0.15, 0.2) is 5.78 Å². The van der Waals surface area contributed by atoms with Crippen LogP contribution in [0.3, 0.4) is 0 Å². The fourth-order valence-electron chi connectivity index (χ4n) is 3.74. The number of benzene rings is 2. The summed E-state index contributed by atoms with van der Waals surface area (Å²) < 4.78 is 19.3.